The van der Waals surface area contributed by atoms with Gasteiger partial charge in [-0.3, -0.25) is 0 Å². The van der Waals surface area contributed by atoms with Crippen LogP contribution in [0.1, 0.15) is 71.6 Å². The zero-order valence-electron chi connectivity index (χ0n) is 15.6. The van der Waals surface area contributed by atoms with E-state index < -0.39 is 0 Å². The second-order valence-electron chi connectivity index (χ2n) is 9.86. The third kappa shape index (κ3) is 2.21. The Bertz CT molecular complexity index is 500. The van der Waals surface area contributed by atoms with Crippen LogP contribution in [0.25, 0.3) is 0 Å². The fraction of sp³-hybridized carbons (Fsp3) is 0.909. The summed E-state index contributed by atoms with van der Waals surface area (Å²) in [7, 11) is 0. The lowest BCUT2D eigenvalue weighted by atomic mass is 9.44. The van der Waals surface area contributed by atoms with Crippen LogP contribution in [0, 0.1) is 40.4 Å². The predicted octanol–water partition coefficient (Wildman–Crippen LogP) is 4.55. The summed E-state index contributed by atoms with van der Waals surface area (Å²) in [6.45, 7) is 8.79. The number of allylic oxidation sites excluding steroid dienone is 1. The Morgan fingerprint density at radius 3 is 2.54 bits per heavy atom. The van der Waals surface area contributed by atoms with E-state index in [9.17, 15) is 10.2 Å². The molecule has 2 nitrogen and oxygen atoms in total. The molecule has 0 radical (unpaired) electrons. The summed E-state index contributed by atoms with van der Waals surface area (Å²) >= 11 is 0. The molecule has 0 saturated heterocycles. The third-order valence-electron chi connectivity index (χ3n) is 9.25. The van der Waals surface area contributed by atoms with Crippen molar-refractivity contribution in [2.45, 2.75) is 83.8 Å². The van der Waals surface area contributed by atoms with Gasteiger partial charge in [0.15, 0.2) is 0 Å². The van der Waals surface area contributed by atoms with Crippen molar-refractivity contribution in [3.63, 3.8) is 0 Å². The van der Waals surface area contributed by atoms with E-state index in [-0.39, 0.29) is 17.6 Å². The van der Waals surface area contributed by atoms with Crippen LogP contribution in [0.2, 0.25) is 0 Å². The molecule has 4 aliphatic rings. The highest BCUT2D eigenvalue weighted by Crippen LogP contribution is 2.68. The lowest BCUT2D eigenvalue weighted by Gasteiger charge is -2.61. The maximum absolute atomic E-state index is 10.4. The van der Waals surface area contributed by atoms with Gasteiger partial charge in [0.1, 0.15) is 0 Å². The zero-order valence-corrected chi connectivity index (χ0v) is 15.6. The first-order valence-corrected chi connectivity index (χ1v) is 10.4. The minimum absolute atomic E-state index is 0.0541. The van der Waals surface area contributed by atoms with Gasteiger partial charge in [-0.2, -0.15) is 0 Å². The lowest BCUT2D eigenvalue weighted by Crippen LogP contribution is -2.54. The van der Waals surface area contributed by atoms with Crippen LogP contribution < -0.4 is 0 Å². The molecule has 0 heterocycles. The van der Waals surface area contributed by atoms with Crippen LogP contribution in [-0.4, -0.2) is 22.4 Å². The Hall–Kier alpha value is -0.340. The first-order chi connectivity index (χ1) is 11.4. The summed E-state index contributed by atoms with van der Waals surface area (Å²) in [6.07, 6.45) is 12.9. The fourth-order valence-electron chi connectivity index (χ4n) is 8.10. The summed E-state index contributed by atoms with van der Waals surface area (Å²) in [5.41, 5.74) is 0.630. The van der Waals surface area contributed by atoms with Gasteiger partial charge >= 0.3 is 0 Å². The Morgan fingerprint density at radius 2 is 1.83 bits per heavy atom. The summed E-state index contributed by atoms with van der Waals surface area (Å²) in [4.78, 5) is 0. The molecule has 0 spiro atoms. The van der Waals surface area contributed by atoms with Crippen molar-refractivity contribution in [2.75, 3.05) is 0 Å². The van der Waals surface area contributed by atoms with E-state index in [4.69, 9.17) is 0 Å². The van der Waals surface area contributed by atoms with Crippen molar-refractivity contribution in [3.8, 4) is 0 Å². The Kier molecular flexibility index (Phi) is 4.16. The van der Waals surface area contributed by atoms with Crippen LogP contribution >= 0.6 is 0 Å². The number of aliphatic hydroxyl groups is 2. The molecule has 136 valence electrons. The quantitative estimate of drug-likeness (QED) is 0.728. The highest BCUT2D eigenvalue weighted by Gasteiger charge is 2.61. The van der Waals surface area contributed by atoms with Gasteiger partial charge in [-0.15, -0.1) is 6.58 Å². The van der Waals surface area contributed by atoms with Gasteiger partial charge in [-0.1, -0.05) is 13.0 Å². The van der Waals surface area contributed by atoms with Gasteiger partial charge in [0.05, 0.1) is 12.2 Å². The van der Waals surface area contributed by atoms with Crippen LogP contribution in [0.3, 0.4) is 0 Å². The molecule has 24 heavy (non-hydrogen) atoms. The largest absolute Gasteiger partial charge is 0.393 e. The number of aliphatic hydroxyl groups excluding tert-OH is 2. The Balaban J connectivity index is 1.64. The van der Waals surface area contributed by atoms with Gasteiger partial charge in [0.25, 0.3) is 0 Å². The van der Waals surface area contributed by atoms with Gasteiger partial charge < -0.3 is 10.2 Å². The molecule has 4 aliphatic carbocycles. The van der Waals surface area contributed by atoms with E-state index in [0.717, 1.165) is 36.5 Å². The maximum Gasteiger partial charge on any atom is 0.0548 e. The predicted molar refractivity (Wildman–Crippen MR) is 97.4 cm³/mol. The summed E-state index contributed by atoms with van der Waals surface area (Å²) in [5, 5.41) is 20.5. The van der Waals surface area contributed by atoms with Crippen LogP contribution in [0.5, 0.6) is 0 Å². The minimum atomic E-state index is -0.207. The van der Waals surface area contributed by atoms with E-state index in [1.165, 1.54) is 44.9 Å². The van der Waals surface area contributed by atoms with Crippen LogP contribution in [0.4, 0.5) is 0 Å². The van der Waals surface area contributed by atoms with Crippen molar-refractivity contribution in [1.82, 2.24) is 0 Å². The Labute approximate surface area is 147 Å². The normalized spacial score (nSPS) is 55.2. The highest BCUT2D eigenvalue weighted by atomic mass is 16.3. The number of fused-ring (bicyclic) bond motifs is 5. The smallest absolute Gasteiger partial charge is 0.0548 e. The molecule has 2 heteroatoms. The average Bonchev–Trinajstić information content (AvgIpc) is 2.95. The minimum Gasteiger partial charge on any atom is -0.393 e. The van der Waals surface area contributed by atoms with Crippen molar-refractivity contribution in [1.29, 1.82) is 0 Å². The van der Waals surface area contributed by atoms with Gasteiger partial charge in [0.2, 0.25) is 0 Å². The van der Waals surface area contributed by atoms with E-state index in [0.29, 0.717) is 11.3 Å². The van der Waals surface area contributed by atoms with Crippen molar-refractivity contribution >= 4 is 0 Å². The molecule has 0 aliphatic heterocycles. The summed E-state index contributed by atoms with van der Waals surface area (Å²) < 4.78 is 0. The summed E-state index contributed by atoms with van der Waals surface area (Å²) in [5.74, 6) is 3.52. The molecule has 4 rings (SSSR count). The van der Waals surface area contributed by atoms with Gasteiger partial charge in [0, 0.05) is 0 Å². The molecule has 2 N–H and O–H groups in total. The fourth-order valence-corrected chi connectivity index (χ4v) is 8.10. The molecular weight excluding hydrogens is 296 g/mol. The van der Waals surface area contributed by atoms with Crippen molar-refractivity contribution in [2.24, 2.45) is 40.4 Å². The molecule has 0 bridgehead atoms. The molecule has 0 aromatic heterocycles. The highest BCUT2D eigenvalue weighted by molar-refractivity contribution is 5.16. The molecule has 0 aromatic rings. The first kappa shape index (κ1) is 17.1. The monoisotopic (exact) mass is 332 g/mol. The molecule has 9 atom stereocenters. The Morgan fingerprint density at radius 1 is 1.04 bits per heavy atom. The molecule has 4 fully saturated rings. The van der Waals surface area contributed by atoms with Crippen molar-refractivity contribution < 1.29 is 10.2 Å². The second-order valence-corrected chi connectivity index (χ2v) is 9.86. The molecule has 0 aromatic carbocycles. The second kappa shape index (κ2) is 5.84. The van der Waals surface area contributed by atoms with Gasteiger partial charge in [-0.05, 0) is 105 Å². The average molecular weight is 333 g/mol. The SMILES string of the molecule is C=C[C@]12CC[C@H]3[C@@H](CC[C@H]4C[C@H](O)CC[C@@]43C)[C@@H]1CC[C@@H]2C(C)O. The zero-order chi connectivity index (χ0) is 17.1. The van der Waals surface area contributed by atoms with E-state index in [1.54, 1.807) is 0 Å². The number of hydrogen-bond acceptors (Lipinski definition) is 2. The molecule has 1 unspecified atom stereocenters. The van der Waals surface area contributed by atoms with E-state index in [2.05, 4.69) is 19.6 Å². The topological polar surface area (TPSA) is 40.5 Å². The maximum atomic E-state index is 10.4. The number of hydrogen-bond donors (Lipinski definition) is 2. The van der Waals surface area contributed by atoms with E-state index >= 15 is 0 Å². The van der Waals surface area contributed by atoms with Crippen LogP contribution in [-0.2, 0) is 0 Å². The molecule has 0 amide bonds. The number of rotatable bonds is 2. The summed E-state index contributed by atoms with van der Waals surface area (Å²) in [6, 6.07) is 0. The molecular formula is C22H36O2. The third-order valence-corrected chi connectivity index (χ3v) is 9.25. The lowest BCUT2D eigenvalue weighted by molar-refractivity contribution is -0.125. The van der Waals surface area contributed by atoms with E-state index in [1.807, 2.05) is 6.92 Å². The van der Waals surface area contributed by atoms with Gasteiger partial charge in [-0.25, -0.2) is 0 Å². The van der Waals surface area contributed by atoms with Crippen LogP contribution in [0.15, 0.2) is 12.7 Å². The molecule has 4 saturated carbocycles. The van der Waals surface area contributed by atoms with Crippen molar-refractivity contribution in [3.05, 3.63) is 12.7 Å². The first-order valence-electron chi connectivity index (χ1n) is 10.4. The standard InChI is InChI=1S/C22H36O2/c1-4-22-12-10-19-17(20(22)8-7-18(22)14(2)23)6-5-15-13-16(24)9-11-21(15,19)3/h4,14-20,23-24H,1,5-13H2,2-3H3/t14?,15-,16+,17+,18+,19-,20-,21-,22+/m0/s1.